The standard InChI is InChI=1S/C14H18ClNO3.ClH/c1-8-4-9(2)13(11(15)5-8)19-10-6-12(16-7-10)14(17)18-3;/h4-5,10,12,16H,6-7H2,1-3H3;1H. The number of hydrogen-bond acceptors (Lipinski definition) is 4. The average Bonchev–Trinajstić information content (AvgIpc) is 2.81. The number of nitrogens with one attached hydrogen (secondary N) is 1. The smallest absolute Gasteiger partial charge is 0.323 e. The third-order valence-corrected chi connectivity index (χ3v) is 3.52. The van der Waals surface area contributed by atoms with E-state index in [1.54, 1.807) is 0 Å². The minimum absolute atomic E-state index is 0. The van der Waals surface area contributed by atoms with Gasteiger partial charge in [-0.1, -0.05) is 17.7 Å². The lowest BCUT2D eigenvalue weighted by Gasteiger charge is -2.16. The second kappa shape index (κ2) is 7.16. The van der Waals surface area contributed by atoms with E-state index in [1.165, 1.54) is 7.11 Å². The Kier molecular flexibility index (Phi) is 6.11. The van der Waals surface area contributed by atoms with Crippen LogP contribution in [0.1, 0.15) is 17.5 Å². The van der Waals surface area contributed by atoms with Crippen LogP contribution in [0.5, 0.6) is 5.75 Å². The highest BCUT2D eigenvalue weighted by atomic mass is 35.5. The molecule has 2 unspecified atom stereocenters. The summed E-state index contributed by atoms with van der Waals surface area (Å²) >= 11 is 6.20. The van der Waals surface area contributed by atoms with Crippen LogP contribution in [0, 0.1) is 13.8 Å². The van der Waals surface area contributed by atoms with Crippen molar-refractivity contribution in [2.24, 2.45) is 0 Å². The molecule has 1 aromatic carbocycles. The van der Waals surface area contributed by atoms with Crippen LogP contribution in [0.25, 0.3) is 0 Å². The summed E-state index contributed by atoms with van der Waals surface area (Å²) in [5.74, 6) is 0.447. The van der Waals surface area contributed by atoms with Crippen LogP contribution in [0.3, 0.4) is 0 Å². The van der Waals surface area contributed by atoms with E-state index in [1.807, 2.05) is 26.0 Å². The molecule has 0 aliphatic carbocycles. The van der Waals surface area contributed by atoms with E-state index in [2.05, 4.69) is 5.32 Å². The van der Waals surface area contributed by atoms with Gasteiger partial charge in [0, 0.05) is 13.0 Å². The predicted octanol–water partition coefficient (Wildman–Crippen LogP) is 2.66. The van der Waals surface area contributed by atoms with Gasteiger partial charge in [-0.05, 0) is 31.0 Å². The quantitative estimate of drug-likeness (QED) is 0.870. The number of ether oxygens (including phenoxy) is 2. The lowest BCUT2D eigenvalue weighted by molar-refractivity contribution is -0.142. The topological polar surface area (TPSA) is 47.6 Å². The molecule has 0 bridgehead atoms. The Morgan fingerprint density at radius 2 is 2.10 bits per heavy atom. The van der Waals surface area contributed by atoms with E-state index < -0.39 is 0 Å². The van der Waals surface area contributed by atoms with Gasteiger partial charge in [0.2, 0.25) is 0 Å². The molecule has 1 N–H and O–H groups in total. The number of methoxy groups -OCH3 is 1. The molecule has 1 aliphatic heterocycles. The maximum atomic E-state index is 11.4. The van der Waals surface area contributed by atoms with Gasteiger partial charge in [0.05, 0.1) is 12.1 Å². The summed E-state index contributed by atoms with van der Waals surface area (Å²) in [5.41, 5.74) is 2.11. The van der Waals surface area contributed by atoms with Crippen molar-refractivity contribution in [1.29, 1.82) is 0 Å². The van der Waals surface area contributed by atoms with Crippen LogP contribution in [0.4, 0.5) is 0 Å². The van der Waals surface area contributed by atoms with E-state index in [0.717, 1.165) is 11.1 Å². The normalized spacial score (nSPS) is 21.2. The zero-order valence-corrected chi connectivity index (χ0v) is 13.3. The van der Waals surface area contributed by atoms with Crippen molar-refractivity contribution in [3.05, 3.63) is 28.3 Å². The Hall–Kier alpha value is -0.970. The molecule has 0 saturated carbocycles. The number of benzene rings is 1. The fourth-order valence-electron chi connectivity index (χ4n) is 2.33. The van der Waals surface area contributed by atoms with Crippen molar-refractivity contribution < 1.29 is 14.3 Å². The first-order chi connectivity index (χ1) is 9.01. The Balaban J connectivity index is 0.00000200. The first kappa shape index (κ1) is 17.1. The maximum Gasteiger partial charge on any atom is 0.323 e. The Morgan fingerprint density at radius 3 is 2.70 bits per heavy atom. The summed E-state index contributed by atoms with van der Waals surface area (Å²) in [5, 5.41) is 3.70. The van der Waals surface area contributed by atoms with Gasteiger partial charge in [-0.2, -0.15) is 0 Å². The molecule has 1 fully saturated rings. The molecule has 1 aromatic rings. The SMILES string of the molecule is COC(=O)C1CC(Oc2c(C)cc(C)cc2Cl)CN1.Cl. The summed E-state index contributed by atoms with van der Waals surface area (Å²) < 4.78 is 10.6. The molecule has 0 spiro atoms. The highest BCUT2D eigenvalue weighted by Gasteiger charge is 2.31. The molecule has 4 nitrogen and oxygen atoms in total. The lowest BCUT2D eigenvalue weighted by atomic mass is 10.1. The van der Waals surface area contributed by atoms with Crippen molar-refractivity contribution in [3.8, 4) is 5.75 Å². The Morgan fingerprint density at radius 1 is 1.40 bits per heavy atom. The molecule has 2 rings (SSSR count). The second-order valence-electron chi connectivity index (χ2n) is 4.85. The molecule has 1 aliphatic rings. The van der Waals surface area contributed by atoms with E-state index in [-0.39, 0.29) is 30.5 Å². The highest BCUT2D eigenvalue weighted by molar-refractivity contribution is 6.32. The van der Waals surface area contributed by atoms with Crippen molar-refractivity contribution >= 4 is 30.0 Å². The van der Waals surface area contributed by atoms with Gasteiger partial charge < -0.3 is 14.8 Å². The summed E-state index contributed by atoms with van der Waals surface area (Å²) in [7, 11) is 1.39. The first-order valence-corrected chi connectivity index (χ1v) is 6.63. The fraction of sp³-hybridized carbons (Fsp3) is 0.500. The van der Waals surface area contributed by atoms with E-state index in [9.17, 15) is 4.79 Å². The Labute approximate surface area is 130 Å². The number of halogens is 2. The minimum atomic E-state index is -0.292. The fourth-order valence-corrected chi connectivity index (χ4v) is 2.70. The molecular weight excluding hydrogens is 301 g/mol. The summed E-state index contributed by atoms with van der Waals surface area (Å²) in [6.45, 7) is 4.57. The van der Waals surface area contributed by atoms with E-state index in [0.29, 0.717) is 23.7 Å². The van der Waals surface area contributed by atoms with Gasteiger partial charge in [0.1, 0.15) is 17.9 Å². The molecule has 112 valence electrons. The molecule has 0 amide bonds. The zero-order valence-electron chi connectivity index (χ0n) is 11.7. The van der Waals surface area contributed by atoms with Gasteiger partial charge in [-0.3, -0.25) is 4.79 Å². The number of carbonyl (C=O) groups is 1. The van der Waals surface area contributed by atoms with Crippen LogP contribution >= 0.6 is 24.0 Å². The molecule has 1 saturated heterocycles. The molecule has 0 aromatic heterocycles. The maximum absolute atomic E-state index is 11.4. The van der Waals surface area contributed by atoms with E-state index in [4.69, 9.17) is 21.1 Å². The van der Waals surface area contributed by atoms with Crippen LogP contribution in [-0.4, -0.2) is 31.8 Å². The van der Waals surface area contributed by atoms with Gasteiger partial charge in [-0.15, -0.1) is 12.4 Å². The molecule has 0 radical (unpaired) electrons. The number of carbonyl (C=O) groups excluding carboxylic acids is 1. The summed E-state index contributed by atoms with van der Waals surface area (Å²) in [6, 6.07) is 3.62. The number of hydrogen-bond donors (Lipinski definition) is 1. The number of rotatable bonds is 3. The predicted molar refractivity (Wildman–Crippen MR) is 81.0 cm³/mol. The molecule has 20 heavy (non-hydrogen) atoms. The minimum Gasteiger partial charge on any atom is -0.487 e. The highest BCUT2D eigenvalue weighted by Crippen LogP contribution is 2.31. The monoisotopic (exact) mass is 319 g/mol. The second-order valence-corrected chi connectivity index (χ2v) is 5.26. The lowest BCUT2D eigenvalue weighted by Crippen LogP contribution is -2.31. The van der Waals surface area contributed by atoms with Gasteiger partial charge in [0.25, 0.3) is 0 Å². The average molecular weight is 320 g/mol. The van der Waals surface area contributed by atoms with Crippen molar-refractivity contribution in [2.75, 3.05) is 13.7 Å². The number of aryl methyl sites for hydroxylation is 2. The van der Waals surface area contributed by atoms with Crippen molar-refractivity contribution in [3.63, 3.8) is 0 Å². The third-order valence-electron chi connectivity index (χ3n) is 3.23. The van der Waals surface area contributed by atoms with Gasteiger partial charge in [-0.25, -0.2) is 0 Å². The largest absolute Gasteiger partial charge is 0.487 e. The Bertz CT molecular complexity index is 470. The van der Waals surface area contributed by atoms with Gasteiger partial charge >= 0.3 is 5.97 Å². The van der Waals surface area contributed by atoms with Gasteiger partial charge in [0.15, 0.2) is 0 Å². The van der Waals surface area contributed by atoms with Crippen molar-refractivity contribution in [1.82, 2.24) is 5.32 Å². The molecule has 2 atom stereocenters. The zero-order chi connectivity index (χ0) is 14.0. The van der Waals surface area contributed by atoms with Crippen LogP contribution in [-0.2, 0) is 9.53 Å². The molecule has 6 heteroatoms. The molecular formula is C14H19Cl2NO3. The summed E-state index contributed by atoms with van der Waals surface area (Å²) in [4.78, 5) is 11.4. The first-order valence-electron chi connectivity index (χ1n) is 6.26. The van der Waals surface area contributed by atoms with Crippen LogP contribution in [0.2, 0.25) is 5.02 Å². The third kappa shape index (κ3) is 3.78. The van der Waals surface area contributed by atoms with Crippen molar-refractivity contribution in [2.45, 2.75) is 32.4 Å². The summed E-state index contributed by atoms with van der Waals surface area (Å²) in [6.07, 6.45) is 0.527. The number of esters is 1. The van der Waals surface area contributed by atoms with E-state index >= 15 is 0 Å². The van der Waals surface area contributed by atoms with Crippen LogP contribution in [0.15, 0.2) is 12.1 Å². The molecule has 1 heterocycles. The van der Waals surface area contributed by atoms with Crippen LogP contribution < -0.4 is 10.1 Å².